The first kappa shape index (κ1) is 20.3. The number of carbonyl (C=O) groups is 2. The molecule has 0 aromatic rings. The molecular formula is C21H35N3O3. The lowest BCUT2D eigenvalue weighted by atomic mass is 9.74. The second-order valence-electron chi connectivity index (χ2n) is 8.39. The topological polar surface area (TPSA) is 61.9 Å². The minimum Gasteiger partial charge on any atom is -0.376 e. The van der Waals surface area contributed by atoms with Gasteiger partial charge in [0.25, 0.3) is 5.91 Å². The summed E-state index contributed by atoms with van der Waals surface area (Å²) in [6, 6.07) is -0.226. The molecule has 0 bridgehead atoms. The average molecular weight is 378 g/mol. The lowest BCUT2D eigenvalue weighted by Crippen LogP contribution is -2.56. The van der Waals surface area contributed by atoms with Crippen molar-refractivity contribution in [1.82, 2.24) is 15.1 Å². The molecule has 0 saturated carbocycles. The highest BCUT2D eigenvalue weighted by molar-refractivity contribution is 6.07. The lowest BCUT2D eigenvalue weighted by Gasteiger charge is -2.41. The van der Waals surface area contributed by atoms with E-state index in [2.05, 4.69) is 37.1 Å². The normalized spacial score (nSPS) is 31.0. The molecule has 6 heteroatoms. The monoisotopic (exact) mass is 377 g/mol. The molecule has 0 spiro atoms. The van der Waals surface area contributed by atoms with Crippen molar-refractivity contribution in [3.8, 4) is 0 Å². The Kier molecular flexibility index (Phi) is 6.58. The van der Waals surface area contributed by atoms with Gasteiger partial charge in [-0.05, 0) is 65.0 Å². The molecule has 2 atom stereocenters. The molecule has 3 aliphatic rings. The predicted molar refractivity (Wildman–Crippen MR) is 105 cm³/mol. The smallest absolute Gasteiger partial charge is 0.325 e. The Morgan fingerprint density at radius 3 is 2.63 bits per heavy atom. The maximum Gasteiger partial charge on any atom is 0.325 e. The molecule has 3 heterocycles. The van der Waals surface area contributed by atoms with Crippen molar-refractivity contribution in [2.24, 2.45) is 5.92 Å². The number of nitrogens with zero attached hydrogens (tertiary/aromatic N) is 2. The largest absolute Gasteiger partial charge is 0.376 e. The summed E-state index contributed by atoms with van der Waals surface area (Å²) in [6.45, 7) is 10.4. The van der Waals surface area contributed by atoms with Crippen LogP contribution >= 0.6 is 0 Å². The van der Waals surface area contributed by atoms with Crippen LogP contribution in [0.1, 0.15) is 59.3 Å². The number of rotatable bonds is 7. The van der Waals surface area contributed by atoms with Gasteiger partial charge in [-0.1, -0.05) is 25.0 Å². The fourth-order valence-corrected chi connectivity index (χ4v) is 4.88. The summed E-state index contributed by atoms with van der Waals surface area (Å²) >= 11 is 0. The SMILES string of the molecule is CC=C(C)CN1CCC(C2(CCC)NC(=O)N(CC3CCCO3)C2=O)CC1. The second-order valence-corrected chi connectivity index (χ2v) is 8.39. The number of nitrogens with one attached hydrogen (secondary N) is 1. The summed E-state index contributed by atoms with van der Waals surface area (Å²) in [7, 11) is 0. The van der Waals surface area contributed by atoms with Gasteiger partial charge in [-0.15, -0.1) is 0 Å². The number of hydrogen-bond donors (Lipinski definition) is 1. The van der Waals surface area contributed by atoms with E-state index in [1.807, 2.05) is 0 Å². The van der Waals surface area contributed by atoms with Crippen molar-refractivity contribution in [3.63, 3.8) is 0 Å². The average Bonchev–Trinajstić information content (AvgIpc) is 3.26. The van der Waals surface area contributed by atoms with Gasteiger partial charge in [-0.2, -0.15) is 0 Å². The highest BCUT2D eigenvalue weighted by Gasteiger charge is 2.55. The maximum absolute atomic E-state index is 13.4. The summed E-state index contributed by atoms with van der Waals surface area (Å²) < 4.78 is 5.66. The minimum atomic E-state index is -0.716. The van der Waals surface area contributed by atoms with Gasteiger partial charge in [0.1, 0.15) is 5.54 Å². The van der Waals surface area contributed by atoms with E-state index in [9.17, 15) is 9.59 Å². The fraction of sp³-hybridized carbons (Fsp3) is 0.810. The lowest BCUT2D eigenvalue weighted by molar-refractivity contribution is -0.135. The molecule has 0 radical (unpaired) electrons. The minimum absolute atomic E-state index is 0.00257. The number of hydrogen-bond acceptors (Lipinski definition) is 4. The van der Waals surface area contributed by atoms with Crippen LogP contribution in [0.5, 0.6) is 0 Å². The van der Waals surface area contributed by atoms with E-state index in [-0.39, 0.29) is 24.0 Å². The third-order valence-corrected chi connectivity index (χ3v) is 6.51. The third kappa shape index (κ3) is 4.21. The number of ether oxygens (including phenoxy) is 1. The van der Waals surface area contributed by atoms with Gasteiger partial charge in [0, 0.05) is 13.2 Å². The molecule has 152 valence electrons. The van der Waals surface area contributed by atoms with Crippen LogP contribution in [0.25, 0.3) is 0 Å². The Balaban J connectivity index is 1.68. The Bertz CT molecular complexity index is 577. The molecule has 3 amide bonds. The molecule has 0 aromatic carbocycles. The van der Waals surface area contributed by atoms with Crippen LogP contribution < -0.4 is 5.32 Å². The van der Waals surface area contributed by atoms with Crippen molar-refractivity contribution >= 4 is 11.9 Å². The van der Waals surface area contributed by atoms with Crippen LogP contribution in [0, 0.1) is 5.92 Å². The van der Waals surface area contributed by atoms with Gasteiger partial charge >= 0.3 is 6.03 Å². The van der Waals surface area contributed by atoms with Crippen molar-refractivity contribution in [2.75, 3.05) is 32.8 Å². The third-order valence-electron chi connectivity index (χ3n) is 6.51. The first-order valence-corrected chi connectivity index (χ1v) is 10.6. The molecule has 3 rings (SSSR count). The summed E-state index contributed by atoms with van der Waals surface area (Å²) in [4.78, 5) is 29.9. The zero-order valence-electron chi connectivity index (χ0n) is 17.1. The van der Waals surface area contributed by atoms with Crippen LogP contribution in [0.4, 0.5) is 4.79 Å². The van der Waals surface area contributed by atoms with E-state index >= 15 is 0 Å². The molecule has 0 aliphatic carbocycles. The Morgan fingerprint density at radius 2 is 2.04 bits per heavy atom. The van der Waals surface area contributed by atoms with Crippen LogP contribution in [0.2, 0.25) is 0 Å². The molecule has 3 fully saturated rings. The van der Waals surface area contributed by atoms with E-state index in [0.717, 1.165) is 64.8 Å². The standard InChI is InChI=1S/C21H35N3O3/c1-4-10-21(17-8-11-23(12-9-17)14-16(3)5-2)19(25)24(20(26)22-21)15-18-7-6-13-27-18/h5,17-18H,4,6-15H2,1-3H3,(H,22,26). The zero-order chi connectivity index (χ0) is 19.4. The van der Waals surface area contributed by atoms with Gasteiger partial charge < -0.3 is 10.1 Å². The quantitative estimate of drug-likeness (QED) is 0.547. The number of amides is 3. The van der Waals surface area contributed by atoms with Crippen LogP contribution in [-0.2, 0) is 9.53 Å². The Morgan fingerprint density at radius 1 is 1.30 bits per heavy atom. The van der Waals surface area contributed by atoms with Gasteiger partial charge in [0.15, 0.2) is 0 Å². The van der Waals surface area contributed by atoms with Crippen molar-refractivity contribution in [2.45, 2.75) is 70.9 Å². The molecular weight excluding hydrogens is 342 g/mol. The van der Waals surface area contributed by atoms with Gasteiger partial charge in [0.05, 0.1) is 12.6 Å². The van der Waals surface area contributed by atoms with Crippen LogP contribution in [0.15, 0.2) is 11.6 Å². The summed E-state index contributed by atoms with van der Waals surface area (Å²) in [5.41, 5.74) is 0.663. The van der Waals surface area contributed by atoms with Crippen molar-refractivity contribution in [3.05, 3.63) is 11.6 Å². The van der Waals surface area contributed by atoms with Gasteiger partial charge in [-0.25, -0.2) is 4.79 Å². The molecule has 1 N–H and O–H groups in total. The van der Waals surface area contributed by atoms with Gasteiger partial charge in [-0.3, -0.25) is 14.6 Å². The number of imide groups is 1. The number of urea groups is 1. The molecule has 3 saturated heterocycles. The van der Waals surface area contributed by atoms with Crippen LogP contribution in [0.3, 0.4) is 0 Å². The Labute approximate surface area is 163 Å². The molecule has 27 heavy (non-hydrogen) atoms. The summed E-state index contributed by atoms with van der Waals surface area (Å²) in [5, 5.41) is 3.13. The van der Waals surface area contributed by atoms with Crippen LogP contribution in [-0.4, -0.2) is 66.2 Å². The highest BCUT2D eigenvalue weighted by atomic mass is 16.5. The highest BCUT2D eigenvalue weighted by Crippen LogP contribution is 2.37. The Hall–Kier alpha value is -1.40. The fourth-order valence-electron chi connectivity index (χ4n) is 4.88. The number of likely N-dealkylation sites (tertiary alicyclic amines) is 1. The van der Waals surface area contributed by atoms with Crippen molar-refractivity contribution < 1.29 is 14.3 Å². The predicted octanol–water partition coefficient (Wildman–Crippen LogP) is 2.93. The molecule has 0 aromatic heterocycles. The number of piperidine rings is 1. The van der Waals surface area contributed by atoms with Gasteiger partial charge in [0.2, 0.25) is 0 Å². The number of allylic oxidation sites excluding steroid dienone is 1. The molecule has 6 nitrogen and oxygen atoms in total. The van der Waals surface area contributed by atoms with E-state index in [0.29, 0.717) is 6.54 Å². The molecule has 3 aliphatic heterocycles. The van der Waals surface area contributed by atoms with Crippen molar-refractivity contribution in [1.29, 1.82) is 0 Å². The van der Waals surface area contributed by atoms with E-state index < -0.39 is 5.54 Å². The van der Waals surface area contributed by atoms with E-state index in [1.54, 1.807) is 0 Å². The summed E-state index contributed by atoms with van der Waals surface area (Å²) in [6.07, 6.45) is 7.62. The maximum atomic E-state index is 13.4. The first-order valence-electron chi connectivity index (χ1n) is 10.6. The first-order chi connectivity index (χ1) is 13.0. The van der Waals surface area contributed by atoms with E-state index in [1.165, 1.54) is 10.5 Å². The summed E-state index contributed by atoms with van der Waals surface area (Å²) in [5.74, 6) is 0.193. The number of carbonyl (C=O) groups excluding carboxylic acids is 2. The molecule has 2 unspecified atom stereocenters. The van der Waals surface area contributed by atoms with E-state index in [4.69, 9.17) is 4.74 Å². The second kappa shape index (κ2) is 8.74. The zero-order valence-corrected chi connectivity index (χ0v) is 17.1.